The highest BCUT2D eigenvalue weighted by molar-refractivity contribution is 6.08. The lowest BCUT2D eigenvalue weighted by atomic mass is 10.00. The van der Waals surface area contributed by atoms with Gasteiger partial charge in [-0.1, -0.05) is 0 Å². The SMILES string of the molecule is CC1(C)NC(=O)CN(c2ccc(OC(F)F)cc2)C1=O. The zero-order valence-corrected chi connectivity index (χ0v) is 11.0. The fourth-order valence-electron chi connectivity index (χ4n) is 2.01. The van der Waals surface area contributed by atoms with E-state index >= 15 is 0 Å². The highest BCUT2D eigenvalue weighted by Crippen LogP contribution is 2.24. The predicted octanol–water partition coefficient (Wildman–Crippen LogP) is 1.53. The van der Waals surface area contributed by atoms with Crippen molar-refractivity contribution in [3.63, 3.8) is 0 Å². The minimum absolute atomic E-state index is 0.00285. The standard InChI is InChI=1S/C13H14F2N2O3/c1-13(2)11(19)17(7-10(18)16-13)8-3-5-9(6-4-8)20-12(14)15/h3-6,12H,7H2,1-2H3,(H,16,18). The quantitative estimate of drug-likeness (QED) is 0.915. The summed E-state index contributed by atoms with van der Waals surface area (Å²) in [4.78, 5) is 25.1. The number of hydrogen-bond donors (Lipinski definition) is 1. The molecule has 1 aromatic rings. The van der Waals surface area contributed by atoms with E-state index < -0.39 is 12.2 Å². The molecule has 5 nitrogen and oxygen atoms in total. The molecule has 1 N–H and O–H groups in total. The van der Waals surface area contributed by atoms with Gasteiger partial charge in [-0.2, -0.15) is 8.78 Å². The van der Waals surface area contributed by atoms with Crippen LogP contribution in [-0.4, -0.2) is 30.5 Å². The van der Waals surface area contributed by atoms with Crippen LogP contribution in [0.2, 0.25) is 0 Å². The summed E-state index contributed by atoms with van der Waals surface area (Å²) >= 11 is 0. The Labute approximate surface area is 114 Å². The molecule has 0 atom stereocenters. The van der Waals surface area contributed by atoms with Crippen molar-refractivity contribution in [2.45, 2.75) is 26.0 Å². The lowest BCUT2D eigenvalue weighted by Crippen LogP contribution is -2.64. The largest absolute Gasteiger partial charge is 0.435 e. The van der Waals surface area contributed by atoms with Crippen molar-refractivity contribution in [1.82, 2.24) is 5.32 Å². The highest BCUT2D eigenvalue weighted by Gasteiger charge is 2.39. The Morgan fingerprint density at radius 2 is 1.85 bits per heavy atom. The first kappa shape index (κ1) is 14.2. The van der Waals surface area contributed by atoms with Crippen LogP contribution in [0.15, 0.2) is 24.3 Å². The molecule has 0 aliphatic carbocycles. The number of piperazine rings is 1. The number of rotatable bonds is 3. The van der Waals surface area contributed by atoms with Gasteiger partial charge in [-0.3, -0.25) is 9.59 Å². The number of alkyl halides is 2. The van der Waals surface area contributed by atoms with Crippen LogP contribution in [0.4, 0.5) is 14.5 Å². The molecule has 0 spiro atoms. The topological polar surface area (TPSA) is 58.6 Å². The number of anilines is 1. The molecule has 1 aliphatic rings. The molecule has 0 bridgehead atoms. The van der Waals surface area contributed by atoms with Crippen LogP contribution >= 0.6 is 0 Å². The Morgan fingerprint density at radius 1 is 1.25 bits per heavy atom. The van der Waals surface area contributed by atoms with Crippen LogP contribution in [0, 0.1) is 0 Å². The van der Waals surface area contributed by atoms with E-state index in [1.54, 1.807) is 13.8 Å². The van der Waals surface area contributed by atoms with Gasteiger partial charge in [0.25, 0.3) is 5.91 Å². The molecule has 0 radical (unpaired) electrons. The Hall–Kier alpha value is -2.18. The Kier molecular flexibility index (Phi) is 3.61. The molecule has 1 heterocycles. The van der Waals surface area contributed by atoms with Gasteiger partial charge in [0.1, 0.15) is 17.8 Å². The Morgan fingerprint density at radius 3 is 2.40 bits per heavy atom. The van der Waals surface area contributed by atoms with E-state index in [0.29, 0.717) is 5.69 Å². The Bertz CT molecular complexity index is 529. The van der Waals surface area contributed by atoms with Gasteiger partial charge in [-0.25, -0.2) is 0 Å². The predicted molar refractivity (Wildman–Crippen MR) is 67.6 cm³/mol. The first-order valence-electron chi connectivity index (χ1n) is 5.97. The van der Waals surface area contributed by atoms with Gasteiger partial charge < -0.3 is 15.0 Å². The lowest BCUT2D eigenvalue weighted by Gasteiger charge is -2.37. The highest BCUT2D eigenvalue weighted by atomic mass is 19.3. The molecule has 0 saturated carbocycles. The van der Waals surface area contributed by atoms with Crippen molar-refractivity contribution in [2.75, 3.05) is 11.4 Å². The van der Waals surface area contributed by atoms with E-state index in [4.69, 9.17) is 0 Å². The minimum atomic E-state index is -2.90. The number of carbonyl (C=O) groups excluding carboxylic acids is 2. The van der Waals surface area contributed by atoms with Crippen molar-refractivity contribution in [1.29, 1.82) is 0 Å². The molecule has 0 unspecified atom stereocenters. The smallest absolute Gasteiger partial charge is 0.387 e. The molecule has 108 valence electrons. The van der Waals surface area contributed by atoms with Crippen molar-refractivity contribution in [2.24, 2.45) is 0 Å². The van der Waals surface area contributed by atoms with Gasteiger partial charge in [-0.15, -0.1) is 0 Å². The zero-order valence-electron chi connectivity index (χ0n) is 11.0. The molecule has 1 fully saturated rings. The van der Waals surface area contributed by atoms with Gasteiger partial charge in [0, 0.05) is 5.69 Å². The zero-order chi connectivity index (χ0) is 14.9. The van der Waals surface area contributed by atoms with Crippen molar-refractivity contribution in [3.8, 4) is 5.75 Å². The van der Waals surface area contributed by atoms with Crippen LogP contribution in [0.3, 0.4) is 0 Å². The number of hydrogen-bond acceptors (Lipinski definition) is 3. The van der Waals surface area contributed by atoms with Crippen molar-refractivity contribution in [3.05, 3.63) is 24.3 Å². The summed E-state index contributed by atoms with van der Waals surface area (Å²) < 4.78 is 28.3. The monoisotopic (exact) mass is 284 g/mol. The first-order valence-corrected chi connectivity index (χ1v) is 5.97. The van der Waals surface area contributed by atoms with E-state index in [-0.39, 0.29) is 24.1 Å². The molecular weight excluding hydrogens is 270 g/mol. The summed E-state index contributed by atoms with van der Waals surface area (Å²) in [7, 11) is 0. The maximum atomic E-state index is 12.2. The first-order chi connectivity index (χ1) is 9.29. The second-order valence-electron chi connectivity index (χ2n) is 4.94. The van der Waals surface area contributed by atoms with Gasteiger partial charge in [0.2, 0.25) is 5.91 Å². The average molecular weight is 284 g/mol. The molecule has 1 aromatic carbocycles. The van der Waals surface area contributed by atoms with Crippen molar-refractivity contribution >= 4 is 17.5 Å². The number of ether oxygens (including phenoxy) is 1. The van der Waals surface area contributed by atoms with Crippen molar-refractivity contribution < 1.29 is 23.1 Å². The van der Waals surface area contributed by atoms with E-state index in [9.17, 15) is 18.4 Å². The number of benzene rings is 1. The van der Waals surface area contributed by atoms with E-state index in [1.807, 2.05) is 0 Å². The second-order valence-corrected chi connectivity index (χ2v) is 4.94. The normalized spacial score (nSPS) is 18.1. The van der Waals surface area contributed by atoms with Crippen LogP contribution < -0.4 is 15.0 Å². The van der Waals surface area contributed by atoms with Gasteiger partial charge in [-0.05, 0) is 38.1 Å². The summed E-state index contributed by atoms with van der Waals surface area (Å²) in [5, 5.41) is 2.59. The van der Waals surface area contributed by atoms with Crippen LogP contribution in [-0.2, 0) is 9.59 Å². The van der Waals surface area contributed by atoms with Gasteiger partial charge in [0.15, 0.2) is 0 Å². The third-order valence-electron chi connectivity index (χ3n) is 2.91. The lowest BCUT2D eigenvalue weighted by molar-refractivity contribution is -0.134. The van der Waals surface area contributed by atoms with Gasteiger partial charge >= 0.3 is 6.61 Å². The molecule has 20 heavy (non-hydrogen) atoms. The van der Waals surface area contributed by atoms with E-state index in [0.717, 1.165) is 0 Å². The minimum Gasteiger partial charge on any atom is -0.435 e. The van der Waals surface area contributed by atoms with Crippen LogP contribution in [0.5, 0.6) is 5.75 Å². The van der Waals surface area contributed by atoms with Crippen LogP contribution in [0.25, 0.3) is 0 Å². The summed E-state index contributed by atoms with van der Waals surface area (Å²) in [6.45, 7) is 0.209. The summed E-state index contributed by atoms with van der Waals surface area (Å²) in [6.07, 6.45) is 0. The van der Waals surface area contributed by atoms with Gasteiger partial charge in [0.05, 0.1) is 0 Å². The molecule has 1 aliphatic heterocycles. The molecule has 2 rings (SSSR count). The summed E-state index contributed by atoms with van der Waals surface area (Å²) in [5.41, 5.74) is -0.535. The third-order valence-corrected chi connectivity index (χ3v) is 2.91. The molecule has 2 amide bonds. The summed E-state index contributed by atoms with van der Waals surface area (Å²) in [5.74, 6) is -0.543. The van der Waals surface area contributed by atoms with E-state index in [1.165, 1.54) is 29.2 Å². The molecular formula is C13H14F2N2O3. The number of nitrogens with zero attached hydrogens (tertiary/aromatic N) is 1. The number of halogens is 2. The average Bonchev–Trinajstić information content (AvgIpc) is 2.33. The molecule has 7 heteroatoms. The second kappa shape index (κ2) is 5.07. The Balaban J connectivity index is 2.22. The fraction of sp³-hybridized carbons (Fsp3) is 0.385. The van der Waals surface area contributed by atoms with E-state index in [2.05, 4.69) is 10.1 Å². The summed E-state index contributed by atoms with van der Waals surface area (Å²) in [6, 6.07) is 5.58. The third kappa shape index (κ3) is 2.87. The maximum Gasteiger partial charge on any atom is 0.387 e. The number of carbonyl (C=O) groups is 2. The molecule has 1 saturated heterocycles. The maximum absolute atomic E-state index is 12.2. The number of nitrogens with one attached hydrogen (secondary N) is 1. The number of amides is 2. The fourth-order valence-corrected chi connectivity index (χ4v) is 2.01. The van der Waals surface area contributed by atoms with Crippen LogP contribution in [0.1, 0.15) is 13.8 Å². The molecule has 0 aromatic heterocycles.